The summed E-state index contributed by atoms with van der Waals surface area (Å²) in [4.78, 5) is 24.5. The molecule has 0 atom stereocenters. The van der Waals surface area contributed by atoms with Gasteiger partial charge in [-0.15, -0.1) is 20.5 Å². The second kappa shape index (κ2) is 23.3. The molecule has 0 saturated carbocycles. The van der Waals surface area contributed by atoms with Crippen LogP contribution in [0.5, 0.6) is 0 Å². The number of nitrogens with zero attached hydrogens (tertiary/aromatic N) is 6. The van der Waals surface area contributed by atoms with Crippen LogP contribution in [0, 0.1) is 0 Å². The number of azo groups is 2. The SMILES string of the molecule is Nc1ccc2c(c1)C(=O)/C(=N\Nc1ccc(N=Nc3ccc(N)c4cc(S(=O)(=O)O)ccc34)c3ccccc13)C(S(=O)(=O)O)=C2.Nc1ccc2c(c1)C(=O)/C(=N\Nc1ccc(N=Nc3ccc(N)c4ccc(S(=O)(=O)O)cc34)c3ccccc13)C(S(=O)(=O)O)=C2. The summed E-state index contributed by atoms with van der Waals surface area (Å²) >= 11 is 0. The van der Waals surface area contributed by atoms with Gasteiger partial charge >= 0.3 is 0 Å². The fraction of sp³-hybridized carbons (Fsp3) is 0. The topological polar surface area (TPSA) is 454 Å². The van der Waals surface area contributed by atoms with Gasteiger partial charge < -0.3 is 22.9 Å². The van der Waals surface area contributed by atoms with Gasteiger partial charge in [0.2, 0.25) is 11.6 Å². The minimum Gasteiger partial charge on any atom is -0.399 e. The molecule has 2 aliphatic rings. The zero-order valence-electron chi connectivity index (χ0n) is 45.8. The Morgan fingerprint density at radius 1 is 0.344 bits per heavy atom. The average molecular weight is 1290 g/mol. The number of Topliss-reactive ketones (excluding diaryl/α,β-unsaturated/α-hetero) is 2. The fourth-order valence-electron chi connectivity index (χ4n) is 9.84. The van der Waals surface area contributed by atoms with Gasteiger partial charge in [0.15, 0.2) is 11.4 Å². The van der Waals surface area contributed by atoms with E-state index in [1.54, 1.807) is 97.1 Å². The quantitative estimate of drug-likeness (QED) is 0.0235. The molecule has 90 heavy (non-hydrogen) atoms. The third-order valence-corrected chi connectivity index (χ3v) is 17.6. The highest BCUT2D eigenvalue weighted by molar-refractivity contribution is 7.91. The summed E-state index contributed by atoms with van der Waals surface area (Å²) in [5, 5.41) is 29.8. The minimum absolute atomic E-state index is 0.127. The van der Waals surface area contributed by atoms with Crippen molar-refractivity contribution in [1.82, 2.24) is 0 Å². The zero-order chi connectivity index (χ0) is 64.2. The molecule has 0 saturated heterocycles. The number of carbonyl (C=O) groups is 2. The Labute approximate surface area is 510 Å². The van der Waals surface area contributed by atoms with Crippen molar-refractivity contribution < 1.29 is 61.5 Å². The minimum atomic E-state index is -4.82. The smallest absolute Gasteiger partial charge is 0.296 e. The molecule has 30 heteroatoms. The predicted molar refractivity (Wildman–Crippen MR) is 344 cm³/mol. The predicted octanol–water partition coefficient (Wildman–Crippen LogP) is 11.4. The van der Waals surface area contributed by atoms with E-state index in [1.165, 1.54) is 72.8 Å². The van der Waals surface area contributed by atoms with E-state index in [9.17, 15) is 61.5 Å². The van der Waals surface area contributed by atoms with E-state index >= 15 is 0 Å². The van der Waals surface area contributed by atoms with Crippen LogP contribution in [0.25, 0.3) is 55.2 Å². The van der Waals surface area contributed by atoms with Crippen molar-refractivity contribution in [3.8, 4) is 0 Å². The number of hydrazone groups is 2. The standard InChI is InChI=1S/2C30H22N6O7S2/c31-17-6-5-16-13-28(45(41,42)43)29(30(37)22(16)14-17)36-35-26-12-11-25(20-3-1-2-4-21(20)26)33-34-27-10-9-24(32)19-8-7-18(15-23(19)27)44(38,39)40;31-17-6-5-16-13-28(45(41,42)43)29(30(37)22(16)14-17)36-35-27-12-11-26(19-3-1-2-4-20(19)27)34-33-25-10-9-24(32)23-15-18(44(38,39)40)7-8-21(23)25/h2*1-15,35H,31-32H2,(H,38,39,40)(H,41,42,43)/b2*34-33?,36-29-. The first-order valence-corrected chi connectivity index (χ1v) is 31.8. The number of hydrogen-bond donors (Lipinski definition) is 10. The van der Waals surface area contributed by atoms with Crippen LogP contribution in [-0.4, -0.2) is 74.9 Å². The van der Waals surface area contributed by atoms with Crippen LogP contribution in [0.15, 0.2) is 220 Å². The summed E-state index contributed by atoms with van der Waals surface area (Å²) < 4.78 is 134. The lowest BCUT2D eigenvalue weighted by atomic mass is 9.94. The summed E-state index contributed by atoms with van der Waals surface area (Å²) in [6, 6.07) is 43.5. The van der Waals surface area contributed by atoms with Gasteiger partial charge in [-0.25, -0.2) is 0 Å². The van der Waals surface area contributed by atoms with Gasteiger partial charge in [0.1, 0.15) is 9.81 Å². The van der Waals surface area contributed by atoms with Crippen LogP contribution in [-0.2, 0) is 40.5 Å². The van der Waals surface area contributed by atoms with Crippen molar-refractivity contribution in [3.05, 3.63) is 202 Å². The molecule has 12 rings (SSSR count). The van der Waals surface area contributed by atoms with Crippen molar-refractivity contribution in [1.29, 1.82) is 0 Å². The number of carbonyl (C=O) groups excluding carboxylic acids is 2. The molecule has 0 bridgehead atoms. The van der Waals surface area contributed by atoms with E-state index in [2.05, 4.69) is 41.5 Å². The van der Waals surface area contributed by atoms with Gasteiger partial charge in [0.05, 0.1) is 43.9 Å². The number of allylic oxidation sites excluding steroid dienone is 2. The molecule has 0 heterocycles. The molecule has 26 nitrogen and oxygen atoms in total. The Balaban J connectivity index is 0.000000185. The summed E-state index contributed by atoms with van der Waals surface area (Å²) in [6.45, 7) is 0. The van der Waals surface area contributed by atoms with Gasteiger partial charge in [0, 0.05) is 77.0 Å². The number of hydrogen-bond acceptors (Lipinski definition) is 22. The van der Waals surface area contributed by atoms with Gasteiger partial charge in [-0.05, 0) is 120 Å². The normalized spacial score (nSPS) is 14.7. The first kappa shape index (κ1) is 60.7. The maximum Gasteiger partial charge on any atom is 0.296 e. The number of nitrogens with one attached hydrogen (secondary N) is 2. The monoisotopic (exact) mass is 1280 g/mol. The lowest BCUT2D eigenvalue weighted by molar-refractivity contribution is 0.105. The highest BCUT2D eigenvalue weighted by Gasteiger charge is 2.35. The maximum absolute atomic E-state index is 13.2. The summed E-state index contributed by atoms with van der Waals surface area (Å²) in [7, 11) is -18.6. The van der Waals surface area contributed by atoms with E-state index in [0.29, 0.717) is 94.3 Å². The third kappa shape index (κ3) is 12.2. The molecule has 0 unspecified atom stereocenters. The molecule has 0 spiro atoms. The van der Waals surface area contributed by atoms with Crippen LogP contribution in [0.3, 0.4) is 0 Å². The molecule has 2 aliphatic carbocycles. The van der Waals surface area contributed by atoms with Crippen molar-refractivity contribution in [2.45, 2.75) is 9.79 Å². The van der Waals surface area contributed by atoms with E-state index in [1.807, 2.05) is 0 Å². The molecule has 10 aromatic rings. The van der Waals surface area contributed by atoms with Gasteiger partial charge in [0.25, 0.3) is 40.5 Å². The zero-order valence-corrected chi connectivity index (χ0v) is 49.1. The van der Waals surface area contributed by atoms with Crippen molar-refractivity contribution in [3.63, 3.8) is 0 Å². The largest absolute Gasteiger partial charge is 0.399 e. The molecule has 0 aliphatic heterocycles. The van der Waals surface area contributed by atoms with Crippen molar-refractivity contribution >= 4 is 176 Å². The van der Waals surface area contributed by atoms with Crippen LogP contribution in [0.2, 0.25) is 0 Å². The lowest BCUT2D eigenvalue weighted by Crippen LogP contribution is -2.27. The molecule has 0 fully saturated rings. The van der Waals surface area contributed by atoms with Crippen molar-refractivity contribution in [2.75, 3.05) is 33.8 Å². The summed E-state index contributed by atoms with van der Waals surface area (Å²) in [5.74, 6) is -1.49. The number of nitrogen functional groups attached to an aromatic ring is 4. The second-order valence-corrected chi connectivity index (χ2v) is 25.6. The highest BCUT2D eigenvalue weighted by Crippen LogP contribution is 2.40. The number of benzene rings is 10. The molecule has 0 aromatic heterocycles. The first-order chi connectivity index (χ1) is 42.6. The fourth-order valence-corrected chi connectivity index (χ4v) is 12.2. The Kier molecular flexibility index (Phi) is 15.7. The van der Waals surface area contributed by atoms with E-state index in [4.69, 9.17) is 22.9 Å². The van der Waals surface area contributed by atoms with Crippen LogP contribution < -0.4 is 33.8 Å². The Morgan fingerprint density at radius 2 is 0.700 bits per heavy atom. The molecular weight excluding hydrogens is 1240 g/mol. The van der Waals surface area contributed by atoms with E-state index in [0.717, 1.165) is 12.2 Å². The molecule has 0 radical (unpaired) electrons. The number of ketones is 2. The third-order valence-electron chi connectivity index (χ3n) is 14.2. The van der Waals surface area contributed by atoms with Gasteiger partial charge in [-0.1, -0.05) is 72.8 Å². The number of rotatable bonds is 12. The van der Waals surface area contributed by atoms with Gasteiger partial charge in [-0.3, -0.25) is 38.7 Å². The Bertz CT molecular complexity index is 5480. The maximum atomic E-state index is 13.2. The Morgan fingerprint density at radius 3 is 1.11 bits per heavy atom. The van der Waals surface area contributed by atoms with Crippen LogP contribution in [0.1, 0.15) is 31.8 Å². The highest BCUT2D eigenvalue weighted by atomic mass is 32.2. The Hall–Kier alpha value is -11.0. The molecule has 0 amide bonds. The number of anilines is 6. The van der Waals surface area contributed by atoms with E-state index < -0.39 is 73.3 Å². The molecule has 452 valence electrons. The molecular formula is C60H44N12O14S4. The second-order valence-electron chi connectivity index (χ2n) is 19.9. The van der Waals surface area contributed by atoms with Crippen LogP contribution in [0.4, 0.5) is 56.9 Å². The van der Waals surface area contributed by atoms with E-state index in [-0.39, 0.29) is 37.7 Å². The van der Waals surface area contributed by atoms with Crippen LogP contribution >= 0.6 is 0 Å². The average Bonchev–Trinajstić information content (AvgIpc) is 0.875. The number of nitrogens with two attached hydrogens (primary N) is 4. The summed E-state index contributed by atoms with van der Waals surface area (Å²) in [6.07, 6.45) is 2.30. The number of fused-ring (bicyclic) bond motifs is 6. The van der Waals surface area contributed by atoms with Gasteiger partial charge in [-0.2, -0.15) is 43.9 Å². The molecule has 10 aromatic carbocycles. The van der Waals surface area contributed by atoms with Crippen molar-refractivity contribution in [2.24, 2.45) is 30.7 Å². The first-order valence-electron chi connectivity index (χ1n) is 26.0. The molecule has 14 N–H and O–H groups in total. The lowest BCUT2D eigenvalue weighted by Gasteiger charge is -2.17. The summed E-state index contributed by atoms with van der Waals surface area (Å²) in [5.41, 5.74) is 32.6.